The van der Waals surface area contributed by atoms with Gasteiger partial charge in [-0.2, -0.15) is 0 Å². The van der Waals surface area contributed by atoms with Gasteiger partial charge in [-0.3, -0.25) is 4.79 Å². The van der Waals surface area contributed by atoms with Gasteiger partial charge >= 0.3 is 0 Å². The Kier molecular flexibility index (Phi) is 4.31. The highest BCUT2D eigenvalue weighted by molar-refractivity contribution is 9.10. The molecule has 0 unspecified atom stereocenters. The standard InChI is InChI=1S/C10H15BrN2OS/c1-10(2,3-4-12)9(14)13-8-5-7(11)6-15-8/h5-6H,3-4,12H2,1-2H3,(H,13,14). The van der Waals surface area contributed by atoms with Crippen LogP contribution in [0.15, 0.2) is 15.9 Å². The summed E-state index contributed by atoms with van der Waals surface area (Å²) in [4.78, 5) is 11.9. The summed E-state index contributed by atoms with van der Waals surface area (Å²) in [6.45, 7) is 4.32. The lowest BCUT2D eigenvalue weighted by Gasteiger charge is -2.22. The molecule has 1 aromatic heterocycles. The zero-order valence-corrected chi connectivity index (χ0v) is 11.2. The van der Waals surface area contributed by atoms with Crippen molar-refractivity contribution in [2.75, 3.05) is 11.9 Å². The molecule has 0 saturated carbocycles. The molecule has 5 heteroatoms. The van der Waals surface area contributed by atoms with E-state index in [9.17, 15) is 4.79 Å². The van der Waals surface area contributed by atoms with Crippen molar-refractivity contribution >= 4 is 38.2 Å². The fourth-order valence-corrected chi connectivity index (χ4v) is 2.45. The molecular formula is C10H15BrN2OS. The molecular weight excluding hydrogens is 276 g/mol. The van der Waals surface area contributed by atoms with Gasteiger partial charge in [0.25, 0.3) is 0 Å². The Labute approximate surface area is 102 Å². The van der Waals surface area contributed by atoms with Crippen LogP contribution < -0.4 is 11.1 Å². The van der Waals surface area contributed by atoms with Crippen LogP contribution in [-0.2, 0) is 4.79 Å². The monoisotopic (exact) mass is 290 g/mol. The number of hydrogen-bond acceptors (Lipinski definition) is 3. The highest BCUT2D eigenvalue weighted by Gasteiger charge is 2.26. The SMILES string of the molecule is CC(C)(CCN)C(=O)Nc1cc(Br)cs1. The normalized spacial score (nSPS) is 11.5. The predicted molar refractivity (Wildman–Crippen MR) is 68.1 cm³/mol. The van der Waals surface area contributed by atoms with Gasteiger partial charge in [-0.05, 0) is 35.0 Å². The Morgan fingerprint density at radius 2 is 2.33 bits per heavy atom. The number of amides is 1. The zero-order valence-electron chi connectivity index (χ0n) is 8.84. The number of hydrogen-bond donors (Lipinski definition) is 2. The third-order valence-electron chi connectivity index (χ3n) is 2.19. The average molecular weight is 291 g/mol. The first kappa shape index (κ1) is 12.7. The summed E-state index contributed by atoms with van der Waals surface area (Å²) in [5.41, 5.74) is 5.05. The van der Waals surface area contributed by atoms with Crippen molar-refractivity contribution in [2.45, 2.75) is 20.3 Å². The third kappa shape index (κ3) is 3.59. The molecule has 1 rings (SSSR count). The van der Waals surface area contributed by atoms with Crippen LogP contribution in [0.1, 0.15) is 20.3 Å². The molecule has 0 aliphatic heterocycles. The van der Waals surface area contributed by atoms with E-state index in [2.05, 4.69) is 21.2 Å². The van der Waals surface area contributed by atoms with E-state index in [1.54, 1.807) is 0 Å². The van der Waals surface area contributed by atoms with Crippen molar-refractivity contribution in [3.63, 3.8) is 0 Å². The Bertz CT molecular complexity index is 349. The smallest absolute Gasteiger partial charge is 0.230 e. The first-order valence-corrected chi connectivity index (χ1v) is 6.38. The summed E-state index contributed by atoms with van der Waals surface area (Å²) in [5, 5.41) is 5.68. The Morgan fingerprint density at radius 3 is 2.80 bits per heavy atom. The average Bonchev–Trinajstić information content (AvgIpc) is 2.51. The van der Waals surface area contributed by atoms with E-state index in [-0.39, 0.29) is 5.91 Å². The minimum Gasteiger partial charge on any atom is -0.330 e. The molecule has 0 radical (unpaired) electrons. The zero-order chi connectivity index (χ0) is 11.5. The number of nitrogens with one attached hydrogen (secondary N) is 1. The maximum absolute atomic E-state index is 11.9. The summed E-state index contributed by atoms with van der Waals surface area (Å²) in [6.07, 6.45) is 0.686. The van der Waals surface area contributed by atoms with Crippen LogP contribution in [-0.4, -0.2) is 12.5 Å². The minimum atomic E-state index is -0.411. The molecule has 0 spiro atoms. The number of rotatable bonds is 4. The molecule has 0 saturated heterocycles. The molecule has 3 N–H and O–H groups in total. The minimum absolute atomic E-state index is 0.0160. The van der Waals surface area contributed by atoms with Gasteiger partial charge in [0.15, 0.2) is 0 Å². The number of halogens is 1. The molecule has 0 aromatic carbocycles. The Balaban J connectivity index is 2.63. The topological polar surface area (TPSA) is 55.1 Å². The van der Waals surface area contributed by atoms with Gasteiger partial charge in [-0.25, -0.2) is 0 Å². The van der Waals surface area contributed by atoms with Crippen molar-refractivity contribution in [3.8, 4) is 0 Å². The molecule has 0 aliphatic rings. The maximum Gasteiger partial charge on any atom is 0.230 e. The molecule has 0 aliphatic carbocycles. The first-order valence-electron chi connectivity index (χ1n) is 4.71. The molecule has 1 heterocycles. The summed E-state index contributed by atoms with van der Waals surface area (Å²) in [6, 6.07) is 1.89. The van der Waals surface area contributed by atoms with Crippen molar-refractivity contribution in [2.24, 2.45) is 11.1 Å². The van der Waals surface area contributed by atoms with Gasteiger partial charge in [-0.1, -0.05) is 13.8 Å². The number of carbonyl (C=O) groups is 1. The highest BCUT2D eigenvalue weighted by Crippen LogP contribution is 2.27. The van der Waals surface area contributed by atoms with E-state index >= 15 is 0 Å². The fourth-order valence-electron chi connectivity index (χ4n) is 1.13. The summed E-state index contributed by atoms with van der Waals surface area (Å²) in [7, 11) is 0. The van der Waals surface area contributed by atoms with Crippen LogP contribution in [0.5, 0.6) is 0 Å². The largest absolute Gasteiger partial charge is 0.330 e. The Hall–Kier alpha value is -0.390. The van der Waals surface area contributed by atoms with E-state index in [1.165, 1.54) is 11.3 Å². The van der Waals surface area contributed by atoms with Crippen molar-refractivity contribution < 1.29 is 4.79 Å². The number of nitrogens with two attached hydrogens (primary N) is 1. The van der Waals surface area contributed by atoms with Gasteiger partial charge < -0.3 is 11.1 Å². The van der Waals surface area contributed by atoms with Gasteiger partial charge in [0.1, 0.15) is 0 Å². The number of thiophene rings is 1. The second-order valence-electron chi connectivity index (χ2n) is 4.01. The third-order valence-corrected chi connectivity index (χ3v) is 3.79. The predicted octanol–water partition coefficient (Wildman–Crippen LogP) is 2.82. The summed E-state index contributed by atoms with van der Waals surface area (Å²) in [5.74, 6) is 0.0160. The van der Waals surface area contributed by atoms with Crippen LogP contribution in [0.2, 0.25) is 0 Å². The summed E-state index contributed by atoms with van der Waals surface area (Å²) < 4.78 is 0.986. The number of carbonyl (C=O) groups excluding carboxylic acids is 1. The van der Waals surface area contributed by atoms with E-state index in [1.807, 2.05) is 25.3 Å². The van der Waals surface area contributed by atoms with E-state index in [0.29, 0.717) is 13.0 Å². The maximum atomic E-state index is 11.9. The van der Waals surface area contributed by atoms with E-state index in [4.69, 9.17) is 5.73 Å². The molecule has 3 nitrogen and oxygen atoms in total. The van der Waals surface area contributed by atoms with Crippen LogP contribution in [0.25, 0.3) is 0 Å². The van der Waals surface area contributed by atoms with Gasteiger partial charge in [0.2, 0.25) is 5.91 Å². The fraction of sp³-hybridized carbons (Fsp3) is 0.500. The van der Waals surface area contributed by atoms with Crippen LogP contribution in [0.3, 0.4) is 0 Å². The lowest BCUT2D eigenvalue weighted by Crippen LogP contribution is -2.32. The van der Waals surface area contributed by atoms with Crippen LogP contribution in [0, 0.1) is 5.41 Å². The first-order chi connectivity index (χ1) is 6.95. The number of anilines is 1. The quantitative estimate of drug-likeness (QED) is 0.896. The highest BCUT2D eigenvalue weighted by atomic mass is 79.9. The van der Waals surface area contributed by atoms with Crippen LogP contribution >= 0.6 is 27.3 Å². The second kappa shape index (κ2) is 5.09. The van der Waals surface area contributed by atoms with Crippen molar-refractivity contribution in [1.29, 1.82) is 0 Å². The molecule has 1 aromatic rings. The molecule has 0 bridgehead atoms. The van der Waals surface area contributed by atoms with Gasteiger partial charge in [0, 0.05) is 15.3 Å². The molecule has 0 atom stereocenters. The van der Waals surface area contributed by atoms with Crippen molar-refractivity contribution in [3.05, 3.63) is 15.9 Å². The van der Waals surface area contributed by atoms with Crippen LogP contribution in [0.4, 0.5) is 5.00 Å². The van der Waals surface area contributed by atoms with Gasteiger partial charge in [-0.15, -0.1) is 11.3 Å². The lowest BCUT2D eigenvalue weighted by molar-refractivity contribution is -0.124. The lowest BCUT2D eigenvalue weighted by atomic mass is 9.88. The molecule has 84 valence electrons. The second-order valence-corrected chi connectivity index (χ2v) is 5.83. The molecule has 0 fully saturated rings. The molecule has 15 heavy (non-hydrogen) atoms. The Morgan fingerprint density at radius 1 is 1.67 bits per heavy atom. The van der Waals surface area contributed by atoms with Gasteiger partial charge in [0.05, 0.1) is 5.00 Å². The van der Waals surface area contributed by atoms with E-state index < -0.39 is 5.41 Å². The van der Waals surface area contributed by atoms with E-state index in [0.717, 1.165) is 9.47 Å². The molecule has 1 amide bonds. The summed E-state index contributed by atoms with van der Waals surface area (Å²) >= 11 is 4.84. The van der Waals surface area contributed by atoms with Crippen molar-refractivity contribution in [1.82, 2.24) is 0 Å².